The van der Waals surface area contributed by atoms with Gasteiger partial charge in [0.15, 0.2) is 0 Å². The molecule has 0 saturated carbocycles. The number of rotatable bonds is 3. The molecule has 5 nitrogen and oxygen atoms in total. The minimum absolute atomic E-state index is 0.00202. The summed E-state index contributed by atoms with van der Waals surface area (Å²) >= 11 is 0. The van der Waals surface area contributed by atoms with Crippen LogP contribution in [0.3, 0.4) is 0 Å². The van der Waals surface area contributed by atoms with Crippen LogP contribution in [0.2, 0.25) is 0 Å². The van der Waals surface area contributed by atoms with Gasteiger partial charge >= 0.3 is 0 Å². The molecule has 20 heavy (non-hydrogen) atoms. The number of anilines is 1. The summed E-state index contributed by atoms with van der Waals surface area (Å²) in [4.78, 5) is 20.5. The highest BCUT2D eigenvalue weighted by Crippen LogP contribution is 2.38. The van der Waals surface area contributed by atoms with Crippen molar-refractivity contribution in [1.29, 1.82) is 0 Å². The van der Waals surface area contributed by atoms with Crippen molar-refractivity contribution in [3.05, 3.63) is 23.9 Å². The van der Waals surface area contributed by atoms with E-state index in [9.17, 15) is 4.79 Å². The summed E-state index contributed by atoms with van der Waals surface area (Å²) in [5, 5.41) is 3.85. The van der Waals surface area contributed by atoms with Crippen LogP contribution in [0.15, 0.2) is 18.3 Å². The van der Waals surface area contributed by atoms with Gasteiger partial charge in [-0.05, 0) is 18.4 Å². The van der Waals surface area contributed by atoms with Gasteiger partial charge in [-0.2, -0.15) is 4.98 Å². The Kier molecular flexibility index (Phi) is 3.26. The van der Waals surface area contributed by atoms with Crippen molar-refractivity contribution >= 4 is 22.6 Å². The second-order valence-corrected chi connectivity index (χ2v) is 5.08. The predicted molar refractivity (Wildman–Crippen MR) is 77.0 cm³/mol. The number of nitrogens with zero attached hydrogens (tertiary/aromatic N) is 2. The Hall–Kier alpha value is -2.17. The number of nitrogens with one attached hydrogen (secondary N) is 1. The molecular weight excluding hydrogens is 254 g/mol. The van der Waals surface area contributed by atoms with Gasteiger partial charge in [-0.3, -0.25) is 9.78 Å². The van der Waals surface area contributed by atoms with Crippen molar-refractivity contribution in [3.8, 4) is 5.88 Å². The first-order valence-corrected chi connectivity index (χ1v) is 6.92. The molecule has 0 aromatic carbocycles. The molecule has 1 aliphatic rings. The maximum Gasteiger partial charge on any atom is 0.242 e. The molecule has 2 aromatic rings. The van der Waals surface area contributed by atoms with Gasteiger partial charge in [-0.1, -0.05) is 19.9 Å². The van der Waals surface area contributed by atoms with Crippen LogP contribution in [0.4, 0.5) is 5.82 Å². The van der Waals surface area contributed by atoms with E-state index in [0.29, 0.717) is 24.7 Å². The second kappa shape index (κ2) is 5.07. The average molecular weight is 271 g/mol. The number of fused-ring (bicyclic) bond motifs is 3. The van der Waals surface area contributed by atoms with Crippen molar-refractivity contribution in [2.45, 2.75) is 32.6 Å². The fraction of sp³-hybridized carbons (Fsp3) is 0.400. The fourth-order valence-electron chi connectivity index (χ4n) is 2.59. The zero-order valence-electron chi connectivity index (χ0n) is 11.6. The number of ether oxygens (including phenoxy) is 1. The number of amides is 1. The Morgan fingerprint density at radius 1 is 1.50 bits per heavy atom. The van der Waals surface area contributed by atoms with Crippen LogP contribution in [0.5, 0.6) is 5.88 Å². The fourth-order valence-corrected chi connectivity index (χ4v) is 2.59. The second-order valence-electron chi connectivity index (χ2n) is 5.08. The summed E-state index contributed by atoms with van der Waals surface area (Å²) in [5.74, 6) is 1.25. The molecule has 1 atom stereocenters. The number of hydrogen-bond donors (Lipinski definition) is 1. The van der Waals surface area contributed by atoms with Gasteiger partial charge in [0.1, 0.15) is 11.3 Å². The van der Waals surface area contributed by atoms with Crippen LogP contribution in [-0.2, 0) is 4.79 Å². The van der Waals surface area contributed by atoms with Crippen LogP contribution in [0, 0.1) is 0 Å². The zero-order chi connectivity index (χ0) is 14.1. The Labute approximate surface area is 117 Å². The Morgan fingerprint density at radius 3 is 3.15 bits per heavy atom. The molecule has 0 aliphatic carbocycles. The van der Waals surface area contributed by atoms with Gasteiger partial charge in [0.05, 0.1) is 6.61 Å². The maximum absolute atomic E-state index is 11.7. The maximum atomic E-state index is 11.7. The van der Waals surface area contributed by atoms with E-state index in [1.54, 1.807) is 6.20 Å². The number of carbonyl (C=O) groups excluding carboxylic acids is 1. The molecule has 1 N–H and O–H groups in total. The van der Waals surface area contributed by atoms with Crippen LogP contribution < -0.4 is 10.1 Å². The van der Waals surface area contributed by atoms with Crippen molar-refractivity contribution in [2.75, 3.05) is 11.9 Å². The quantitative estimate of drug-likeness (QED) is 0.932. The van der Waals surface area contributed by atoms with E-state index in [1.165, 1.54) is 0 Å². The molecule has 104 valence electrons. The lowest BCUT2D eigenvalue weighted by atomic mass is 9.91. The van der Waals surface area contributed by atoms with Crippen molar-refractivity contribution < 1.29 is 9.53 Å². The summed E-state index contributed by atoms with van der Waals surface area (Å²) in [7, 11) is 0. The molecule has 0 bridgehead atoms. The highest BCUT2D eigenvalue weighted by atomic mass is 16.5. The van der Waals surface area contributed by atoms with E-state index in [2.05, 4.69) is 15.3 Å². The SMILES string of the molecule is CCCOc1nc2c(c3cccnc13)C(C)CC(=O)N2. The summed E-state index contributed by atoms with van der Waals surface area (Å²) < 4.78 is 5.68. The van der Waals surface area contributed by atoms with E-state index in [4.69, 9.17) is 4.74 Å². The van der Waals surface area contributed by atoms with Gasteiger partial charge < -0.3 is 10.1 Å². The molecule has 0 saturated heterocycles. The smallest absolute Gasteiger partial charge is 0.242 e. The van der Waals surface area contributed by atoms with E-state index >= 15 is 0 Å². The first-order chi connectivity index (χ1) is 9.70. The Bertz CT molecular complexity index is 669. The van der Waals surface area contributed by atoms with Crippen LogP contribution in [0.1, 0.15) is 38.2 Å². The van der Waals surface area contributed by atoms with Crippen LogP contribution in [0.25, 0.3) is 10.9 Å². The monoisotopic (exact) mass is 271 g/mol. The molecular formula is C15H17N3O2. The summed E-state index contributed by atoms with van der Waals surface area (Å²) in [6, 6.07) is 3.91. The lowest BCUT2D eigenvalue weighted by Gasteiger charge is -2.24. The van der Waals surface area contributed by atoms with Crippen molar-refractivity contribution in [2.24, 2.45) is 0 Å². The van der Waals surface area contributed by atoms with Gasteiger partial charge in [0, 0.05) is 23.6 Å². The molecule has 1 aliphatic heterocycles. The van der Waals surface area contributed by atoms with Crippen LogP contribution >= 0.6 is 0 Å². The molecule has 3 heterocycles. The number of aromatic nitrogens is 2. The van der Waals surface area contributed by atoms with Gasteiger partial charge in [-0.15, -0.1) is 0 Å². The summed E-state index contributed by atoms with van der Waals surface area (Å²) in [6.07, 6.45) is 3.12. The lowest BCUT2D eigenvalue weighted by molar-refractivity contribution is -0.116. The highest BCUT2D eigenvalue weighted by Gasteiger charge is 2.27. The van der Waals surface area contributed by atoms with Gasteiger partial charge in [0.25, 0.3) is 0 Å². The highest BCUT2D eigenvalue weighted by molar-refractivity contribution is 5.99. The minimum Gasteiger partial charge on any atom is -0.476 e. The first kappa shape index (κ1) is 12.8. The van der Waals surface area contributed by atoms with Crippen molar-refractivity contribution in [3.63, 3.8) is 0 Å². The Balaban J connectivity index is 2.22. The van der Waals surface area contributed by atoms with E-state index in [1.807, 2.05) is 26.0 Å². The largest absolute Gasteiger partial charge is 0.476 e. The van der Waals surface area contributed by atoms with Crippen molar-refractivity contribution in [1.82, 2.24) is 9.97 Å². The molecule has 3 rings (SSSR count). The van der Waals surface area contributed by atoms with Gasteiger partial charge in [0.2, 0.25) is 11.8 Å². The first-order valence-electron chi connectivity index (χ1n) is 6.92. The zero-order valence-corrected chi connectivity index (χ0v) is 11.6. The third-order valence-corrected chi connectivity index (χ3v) is 3.45. The summed E-state index contributed by atoms with van der Waals surface area (Å²) in [5.41, 5.74) is 1.82. The van der Waals surface area contributed by atoms with Gasteiger partial charge in [-0.25, -0.2) is 0 Å². The molecule has 2 aromatic heterocycles. The minimum atomic E-state index is 0.00202. The molecule has 1 amide bonds. The molecule has 0 radical (unpaired) electrons. The van der Waals surface area contributed by atoms with E-state index < -0.39 is 0 Å². The van der Waals surface area contributed by atoms with E-state index in [-0.39, 0.29) is 11.8 Å². The number of carbonyl (C=O) groups is 1. The predicted octanol–water partition coefficient (Wildman–Crippen LogP) is 2.86. The molecule has 0 spiro atoms. The normalized spacial score (nSPS) is 17.7. The molecule has 5 heteroatoms. The summed E-state index contributed by atoms with van der Waals surface area (Å²) in [6.45, 7) is 4.66. The molecule has 1 unspecified atom stereocenters. The van der Waals surface area contributed by atoms with E-state index in [0.717, 1.165) is 22.9 Å². The average Bonchev–Trinajstić information content (AvgIpc) is 2.43. The third kappa shape index (κ3) is 2.09. The number of pyridine rings is 2. The Morgan fingerprint density at radius 2 is 2.35 bits per heavy atom. The van der Waals surface area contributed by atoms with Crippen LogP contribution in [-0.4, -0.2) is 22.5 Å². The number of hydrogen-bond acceptors (Lipinski definition) is 4. The third-order valence-electron chi connectivity index (χ3n) is 3.45. The lowest BCUT2D eigenvalue weighted by Crippen LogP contribution is -2.23. The molecule has 0 fully saturated rings. The standard InChI is InChI=1S/C15H17N3O2/c1-3-7-20-15-13-10(5-4-6-16-13)12-9(2)8-11(19)17-14(12)18-15/h4-6,9H,3,7-8H2,1-2H3,(H,17,18,19). The topological polar surface area (TPSA) is 64.1 Å².